The lowest BCUT2D eigenvalue weighted by Gasteiger charge is -2.38. The number of esters is 1. The average Bonchev–Trinajstić information content (AvgIpc) is 3.34. The number of benzene rings is 2. The lowest BCUT2D eigenvalue weighted by atomic mass is 9.93. The van der Waals surface area contributed by atoms with Crippen molar-refractivity contribution in [1.29, 1.82) is 0 Å². The number of carbonyl (C=O) groups excluding carboxylic acids is 2. The van der Waals surface area contributed by atoms with Gasteiger partial charge in [0.05, 0.1) is 38.0 Å². The summed E-state index contributed by atoms with van der Waals surface area (Å²) in [5, 5.41) is 2.72. The highest BCUT2D eigenvalue weighted by molar-refractivity contribution is 8.16. The molecule has 38 heavy (non-hydrogen) atoms. The van der Waals surface area contributed by atoms with E-state index in [4.69, 9.17) is 14.5 Å². The maximum absolute atomic E-state index is 13.4. The van der Waals surface area contributed by atoms with Crippen LogP contribution in [0, 0.1) is 0 Å². The van der Waals surface area contributed by atoms with Gasteiger partial charge in [-0.1, -0.05) is 54.2 Å². The van der Waals surface area contributed by atoms with Gasteiger partial charge < -0.3 is 19.3 Å². The summed E-state index contributed by atoms with van der Waals surface area (Å²) >= 11 is 1.48. The molecule has 1 atom stereocenters. The molecule has 3 aliphatic heterocycles. The largest absolute Gasteiger partial charge is 0.497 e. The summed E-state index contributed by atoms with van der Waals surface area (Å²) in [5.41, 5.74) is 4.04. The van der Waals surface area contributed by atoms with Crippen LogP contribution < -0.4 is 4.74 Å². The van der Waals surface area contributed by atoms with Crippen molar-refractivity contribution in [3.63, 3.8) is 0 Å². The summed E-state index contributed by atoms with van der Waals surface area (Å²) in [6.45, 7) is 5.78. The van der Waals surface area contributed by atoms with Crippen LogP contribution in [0.5, 0.6) is 5.75 Å². The lowest BCUT2D eigenvalue weighted by Crippen LogP contribution is -2.48. The summed E-state index contributed by atoms with van der Waals surface area (Å²) in [6, 6.07) is 17.6. The van der Waals surface area contributed by atoms with E-state index in [1.165, 1.54) is 24.4 Å². The zero-order valence-electron chi connectivity index (χ0n) is 21.9. The average molecular weight is 533 g/mol. The topological polar surface area (TPSA) is 74.7 Å². The van der Waals surface area contributed by atoms with E-state index in [1.54, 1.807) is 7.11 Å². The van der Waals surface area contributed by atoms with Gasteiger partial charge in [-0.2, -0.15) is 0 Å². The molecular formula is C29H32N4O4S. The number of amides is 1. The van der Waals surface area contributed by atoms with Gasteiger partial charge >= 0.3 is 5.97 Å². The first-order valence-electron chi connectivity index (χ1n) is 12.7. The fraction of sp³-hybridized carbons (Fsp3) is 0.345. The minimum Gasteiger partial charge on any atom is -0.497 e. The van der Waals surface area contributed by atoms with Crippen molar-refractivity contribution in [2.24, 2.45) is 4.99 Å². The van der Waals surface area contributed by atoms with Crippen LogP contribution in [0.1, 0.15) is 30.5 Å². The van der Waals surface area contributed by atoms with Crippen LogP contribution in [-0.4, -0.2) is 72.1 Å². The zero-order chi connectivity index (χ0) is 26.6. The van der Waals surface area contributed by atoms with Crippen molar-refractivity contribution < 1.29 is 19.1 Å². The Morgan fingerprint density at radius 3 is 2.50 bits per heavy atom. The maximum Gasteiger partial charge on any atom is 0.338 e. The van der Waals surface area contributed by atoms with Crippen LogP contribution >= 0.6 is 11.8 Å². The number of hydrogen-bond acceptors (Lipinski definition) is 8. The molecular weight excluding hydrogens is 500 g/mol. The Bertz CT molecular complexity index is 1300. The van der Waals surface area contributed by atoms with E-state index in [0.29, 0.717) is 30.1 Å². The Morgan fingerprint density at radius 2 is 1.79 bits per heavy atom. The van der Waals surface area contributed by atoms with Crippen LogP contribution in [0.3, 0.4) is 0 Å². The number of rotatable bonds is 7. The van der Waals surface area contributed by atoms with Crippen LogP contribution in [-0.2, 0) is 20.9 Å². The third-order valence-electron chi connectivity index (χ3n) is 7.12. The molecule has 2 aromatic carbocycles. The SMILES string of the molecule is COC(=O)C1=C(C)N=C2SC=C(CC(=O)N3CCN(Cc4ccccc4)CC3)N2C1c1cccc(OC)c1. The van der Waals surface area contributed by atoms with Crippen molar-refractivity contribution in [2.75, 3.05) is 40.4 Å². The number of allylic oxidation sites excluding steroid dienone is 1. The molecule has 0 radical (unpaired) electrons. The number of carbonyl (C=O) groups is 2. The van der Waals surface area contributed by atoms with Crippen molar-refractivity contribution in [3.05, 3.63) is 88.1 Å². The molecule has 5 rings (SSSR count). The molecule has 8 nitrogen and oxygen atoms in total. The molecule has 3 aliphatic rings. The molecule has 1 fully saturated rings. The maximum atomic E-state index is 13.4. The van der Waals surface area contributed by atoms with E-state index in [0.717, 1.165) is 36.1 Å². The first-order chi connectivity index (χ1) is 18.5. The van der Waals surface area contributed by atoms with E-state index in [9.17, 15) is 9.59 Å². The second-order valence-corrected chi connectivity index (χ2v) is 10.3. The van der Waals surface area contributed by atoms with Crippen LogP contribution in [0.4, 0.5) is 0 Å². The Kier molecular flexibility index (Phi) is 7.85. The fourth-order valence-electron chi connectivity index (χ4n) is 5.13. The number of aliphatic imine (C=N–C) groups is 1. The Balaban J connectivity index is 1.32. The van der Waals surface area contributed by atoms with Crippen molar-refractivity contribution in [3.8, 4) is 5.75 Å². The van der Waals surface area contributed by atoms with Gasteiger partial charge in [-0.25, -0.2) is 9.79 Å². The number of piperazine rings is 1. The molecule has 0 saturated carbocycles. The molecule has 198 valence electrons. The number of thioether (sulfide) groups is 1. The van der Waals surface area contributed by atoms with Crippen molar-refractivity contribution in [1.82, 2.24) is 14.7 Å². The smallest absolute Gasteiger partial charge is 0.338 e. The van der Waals surface area contributed by atoms with Crippen molar-refractivity contribution >= 4 is 28.8 Å². The lowest BCUT2D eigenvalue weighted by molar-refractivity contribution is -0.136. The molecule has 0 aromatic heterocycles. The first-order valence-corrected chi connectivity index (χ1v) is 13.6. The third-order valence-corrected chi connectivity index (χ3v) is 8.01. The normalized spacial score (nSPS) is 19.6. The molecule has 1 unspecified atom stereocenters. The summed E-state index contributed by atoms with van der Waals surface area (Å²) in [7, 11) is 2.99. The number of methoxy groups -OCH3 is 2. The van der Waals surface area contributed by atoms with Crippen LogP contribution in [0.2, 0.25) is 0 Å². The first kappa shape index (κ1) is 26.1. The highest BCUT2D eigenvalue weighted by atomic mass is 32.2. The molecule has 0 N–H and O–H groups in total. The molecule has 2 aromatic rings. The van der Waals surface area contributed by atoms with Crippen molar-refractivity contribution in [2.45, 2.75) is 25.9 Å². The molecule has 0 bridgehead atoms. The van der Waals surface area contributed by atoms with Gasteiger partial charge in [0.1, 0.15) is 5.75 Å². The van der Waals surface area contributed by atoms with E-state index in [1.807, 2.05) is 52.5 Å². The summed E-state index contributed by atoms with van der Waals surface area (Å²) in [4.78, 5) is 37.4. The van der Waals surface area contributed by atoms with Crippen LogP contribution in [0.25, 0.3) is 0 Å². The number of nitrogens with zero attached hydrogens (tertiary/aromatic N) is 4. The van der Waals surface area contributed by atoms with Gasteiger partial charge in [0.15, 0.2) is 5.17 Å². The van der Waals surface area contributed by atoms with Gasteiger partial charge in [0.25, 0.3) is 0 Å². The summed E-state index contributed by atoms with van der Waals surface area (Å²) in [6.07, 6.45) is 0.235. The standard InChI is InChI=1S/C29H32N4O4S/c1-20-26(28(35)37-3)27(22-10-7-11-24(16-22)36-2)33-23(19-38-29(33)30-20)17-25(34)32-14-12-31(13-15-32)18-21-8-5-4-6-9-21/h4-11,16,19,27H,12-15,17-18H2,1-3H3. The predicted octanol–water partition coefficient (Wildman–Crippen LogP) is 4.18. The van der Waals surface area contributed by atoms with E-state index >= 15 is 0 Å². The van der Waals surface area contributed by atoms with E-state index in [-0.39, 0.29) is 12.3 Å². The molecule has 1 amide bonds. The number of fused-ring (bicyclic) bond motifs is 1. The Hall–Kier alpha value is -3.56. The highest BCUT2D eigenvalue weighted by Crippen LogP contribution is 2.45. The zero-order valence-corrected chi connectivity index (χ0v) is 22.7. The van der Waals surface area contributed by atoms with Gasteiger partial charge in [-0.3, -0.25) is 9.69 Å². The van der Waals surface area contributed by atoms with Gasteiger partial charge in [0.2, 0.25) is 5.91 Å². The monoisotopic (exact) mass is 532 g/mol. The molecule has 1 saturated heterocycles. The van der Waals surface area contributed by atoms with Crippen LogP contribution in [0.15, 0.2) is 82.0 Å². The highest BCUT2D eigenvalue weighted by Gasteiger charge is 2.41. The number of hydrogen-bond donors (Lipinski definition) is 0. The molecule has 0 aliphatic carbocycles. The van der Waals surface area contributed by atoms with Gasteiger partial charge in [-0.05, 0) is 35.6 Å². The van der Waals surface area contributed by atoms with Gasteiger partial charge in [-0.15, -0.1) is 0 Å². The predicted molar refractivity (Wildman–Crippen MR) is 148 cm³/mol. The molecule has 3 heterocycles. The fourth-order valence-corrected chi connectivity index (χ4v) is 6.10. The quantitative estimate of drug-likeness (QED) is 0.496. The molecule has 9 heteroatoms. The van der Waals surface area contributed by atoms with Gasteiger partial charge in [0, 0.05) is 38.4 Å². The van der Waals surface area contributed by atoms with E-state index in [2.05, 4.69) is 29.2 Å². The second-order valence-electron chi connectivity index (χ2n) is 9.48. The van der Waals surface area contributed by atoms with E-state index < -0.39 is 12.0 Å². The second kappa shape index (κ2) is 11.4. The minimum atomic E-state index is -0.471. The third kappa shape index (κ3) is 5.35. The Morgan fingerprint density at radius 1 is 1.03 bits per heavy atom. The minimum absolute atomic E-state index is 0.0766. The summed E-state index contributed by atoms with van der Waals surface area (Å²) in [5.74, 6) is 0.332. The Labute approximate surface area is 227 Å². The molecule has 0 spiro atoms. The number of ether oxygens (including phenoxy) is 2. The number of amidine groups is 1. The summed E-state index contributed by atoms with van der Waals surface area (Å²) < 4.78 is 10.6.